The van der Waals surface area contributed by atoms with Crippen molar-refractivity contribution in [3.05, 3.63) is 97.1 Å². The van der Waals surface area contributed by atoms with Crippen LogP contribution in [0.3, 0.4) is 0 Å². The molecule has 0 saturated heterocycles. The highest BCUT2D eigenvalue weighted by molar-refractivity contribution is 7.19. The van der Waals surface area contributed by atoms with Gasteiger partial charge in [-0.2, -0.15) is 0 Å². The lowest BCUT2D eigenvalue weighted by molar-refractivity contribution is 0.0949. The number of carbonyl (C=O) groups excluding carboxylic acids is 1. The second kappa shape index (κ2) is 10.7. The summed E-state index contributed by atoms with van der Waals surface area (Å²) in [5.41, 5.74) is 1.59. The molecule has 5 rings (SSSR count). The molecule has 2 aromatic carbocycles. The first-order valence-corrected chi connectivity index (χ1v) is 13.7. The maximum absolute atomic E-state index is 13.2. The lowest BCUT2D eigenvalue weighted by atomic mass is 10.2. The Labute approximate surface area is 226 Å². The third-order valence-electron chi connectivity index (χ3n) is 6.01. The summed E-state index contributed by atoms with van der Waals surface area (Å²) in [6.45, 7) is 1.26. The van der Waals surface area contributed by atoms with E-state index in [0.29, 0.717) is 35.1 Å². The predicted octanol–water partition coefficient (Wildman–Crippen LogP) is 4.96. The minimum absolute atomic E-state index is 0.105. The van der Waals surface area contributed by atoms with Crippen molar-refractivity contribution < 1.29 is 9.90 Å². The van der Waals surface area contributed by atoms with E-state index in [9.17, 15) is 14.7 Å². The van der Waals surface area contributed by atoms with E-state index in [2.05, 4.69) is 10.3 Å². The molecule has 190 valence electrons. The second-order valence-electron chi connectivity index (χ2n) is 8.96. The van der Waals surface area contributed by atoms with E-state index in [1.54, 1.807) is 18.3 Å². The largest absolute Gasteiger partial charge is 0.385 e. The van der Waals surface area contributed by atoms with Crippen molar-refractivity contribution >= 4 is 60.6 Å². The summed E-state index contributed by atoms with van der Waals surface area (Å²) in [7, 11) is 3.76. The fraction of sp³-hybridized carbons (Fsp3) is 0.222. The SMILES string of the molecule is CN(Cc1cc2c(=O)c(C(=O)NCc3ccc(Cl)cc3)cn(C)c2s1)CC(O)c1nc2ccccc2s1. The molecule has 37 heavy (non-hydrogen) atoms. The van der Waals surface area contributed by atoms with Crippen molar-refractivity contribution in [1.29, 1.82) is 0 Å². The van der Waals surface area contributed by atoms with E-state index < -0.39 is 12.0 Å². The van der Waals surface area contributed by atoms with Crippen molar-refractivity contribution in [3.63, 3.8) is 0 Å². The number of nitrogens with zero attached hydrogens (tertiary/aromatic N) is 3. The first-order valence-electron chi connectivity index (χ1n) is 11.7. The van der Waals surface area contributed by atoms with Gasteiger partial charge in [0.15, 0.2) is 0 Å². The molecule has 3 aromatic heterocycles. The number of likely N-dealkylation sites (N-methyl/N-ethyl adjacent to an activating group) is 1. The maximum Gasteiger partial charge on any atom is 0.257 e. The molecule has 0 saturated carbocycles. The Morgan fingerprint density at radius 2 is 1.95 bits per heavy atom. The van der Waals surface area contributed by atoms with Gasteiger partial charge in [-0.25, -0.2) is 4.98 Å². The zero-order valence-corrected chi connectivity index (χ0v) is 22.7. The van der Waals surface area contributed by atoms with E-state index >= 15 is 0 Å². The van der Waals surface area contributed by atoms with Gasteiger partial charge in [0, 0.05) is 42.8 Å². The minimum Gasteiger partial charge on any atom is -0.385 e. The summed E-state index contributed by atoms with van der Waals surface area (Å²) < 4.78 is 2.87. The zero-order chi connectivity index (χ0) is 26.1. The van der Waals surface area contributed by atoms with Crippen LogP contribution in [0.2, 0.25) is 5.02 Å². The number of para-hydroxylation sites is 1. The van der Waals surface area contributed by atoms with Gasteiger partial charge >= 0.3 is 0 Å². The first-order chi connectivity index (χ1) is 17.8. The van der Waals surface area contributed by atoms with E-state index in [4.69, 9.17) is 11.6 Å². The highest BCUT2D eigenvalue weighted by Crippen LogP contribution is 2.28. The quantitative estimate of drug-likeness (QED) is 0.284. The Morgan fingerprint density at radius 3 is 2.70 bits per heavy atom. The van der Waals surface area contributed by atoms with E-state index in [1.807, 2.05) is 66.0 Å². The Balaban J connectivity index is 1.29. The van der Waals surface area contributed by atoms with Crippen LogP contribution in [0, 0.1) is 0 Å². The number of halogens is 1. The fourth-order valence-electron chi connectivity index (χ4n) is 4.17. The molecule has 0 aliphatic heterocycles. The van der Waals surface area contributed by atoms with Gasteiger partial charge in [0.25, 0.3) is 5.91 Å². The number of amides is 1. The molecule has 7 nitrogen and oxygen atoms in total. The predicted molar refractivity (Wildman–Crippen MR) is 151 cm³/mol. The summed E-state index contributed by atoms with van der Waals surface area (Å²) in [6.07, 6.45) is 0.877. The van der Waals surface area contributed by atoms with E-state index in [0.717, 1.165) is 25.5 Å². The Hall–Kier alpha value is -3.08. The zero-order valence-electron chi connectivity index (χ0n) is 20.3. The number of thiophene rings is 1. The topological polar surface area (TPSA) is 87.5 Å². The number of carbonyl (C=O) groups is 1. The average Bonchev–Trinajstić information content (AvgIpc) is 3.50. The van der Waals surface area contributed by atoms with Gasteiger partial charge in [-0.15, -0.1) is 22.7 Å². The van der Waals surface area contributed by atoms with Crippen molar-refractivity contribution in [3.8, 4) is 0 Å². The molecule has 1 atom stereocenters. The highest BCUT2D eigenvalue weighted by atomic mass is 35.5. The molecule has 10 heteroatoms. The number of hydrogen-bond acceptors (Lipinski definition) is 7. The van der Waals surface area contributed by atoms with Crippen LogP contribution in [0.15, 0.2) is 65.6 Å². The third kappa shape index (κ3) is 5.61. The van der Waals surface area contributed by atoms with E-state index in [-0.39, 0.29) is 11.0 Å². The molecule has 0 aliphatic rings. The monoisotopic (exact) mass is 552 g/mol. The number of nitrogens with one attached hydrogen (secondary N) is 1. The third-order valence-corrected chi connectivity index (χ3v) is 8.61. The van der Waals surface area contributed by atoms with Crippen LogP contribution in [0.1, 0.15) is 31.9 Å². The molecular formula is C27H25ClN4O3S2. The van der Waals surface area contributed by atoms with Crippen molar-refractivity contribution in [2.75, 3.05) is 13.6 Å². The summed E-state index contributed by atoms with van der Waals surface area (Å²) >= 11 is 8.92. The molecular weight excluding hydrogens is 528 g/mol. The Morgan fingerprint density at radius 1 is 1.19 bits per heavy atom. The molecule has 0 bridgehead atoms. The maximum atomic E-state index is 13.2. The number of aliphatic hydroxyl groups is 1. The number of aryl methyl sites for hydroxylation is 1. The molecule has 3 heterocycles. The Kier molecular flexibility index (Phi) is 7.41. The van der Waals surface area contributed by atoms with Gasteiger partial charge < -0.3 is 15.0 Å². The Bertz CT molecular complexity index is 1610. The minimum atomic E-state index is -0.709. The number of hydrogen-bond donors (Lipinski definition) is 2. The van der Waals surface area contributed by atoms with Crippen LogP contribution in [0.25, 0.3) is 20.4 Å². The van der Waals surface area contributed by atoms with Crippen molar-refractivity contribution in [2.24, 2.45) is 7.05 Å². The fourth-order valence-corrected chi connectivity index (χ4v) is 6.41. The molecule has 0 fully saturated rings. The molecule has 0 radical (unpaired) electrons. The number of thiazole rings is 1. The summed E-state index contributed by atoms with van der Waals surface area (Å²) in [6, 6.07) is 16.9. The first kappa shape index (κ1) is 25.6. The smallest absolute Gasteiger partial charge is 0.257 e. The van der Waals surface area contributed by atoms with Crippen molar-refractivity contribution in [1.82, 2.24) is 19.8 Å². The van der Waals surface area contributed by atoms with E-state index in [1.165, 1.54) is 22.7 Å². The number of pyridine rings is 1. The molecule has 5 aromatic rings. The second-order valence-corrected chi connectivity index (χ2v) is 11.6. The molecule has 1 unspecified atom stereocenters. The van der Waals surface area contributed by atoms with Gasteiger partial charge in [-0.1, -0.05) is 35.9 Å². The molecule has 0 aliphatic carbocycles. The van der Waals surface area contributed by atoms with Crippen LogP contribution in [-0.2, 0) is 20.1 Å². The van der Waals surface area contributed by atoms with Gasteiger partial charge in [0.2, 0.25) is 5.43 Å². The number of benzene rings is 2. The summed E-state index contributed by atoms with van der Waals surface area (Å²) in [5, 5.41) is 15.4. The van der Waals surface area contributed by atoms with Gasteiger partial charge in [-0.3, -0.25) is 14.5 Å². The summed E-state index contributed by atoms with van der Waals surface area (Å²) in [4.78, 5) is 34.3. The number of aliphatic hydroxyl groups excluding tert-OH is 1. The molecule has 1 amide bonds. The van der Waals surface area contributed by atoms with Crippen LogP contribution in [0.5, 0.6) is 0 Å². The standard InChI is InChI=1S/C27H25ClN4O3S2/c1-31(15-22(33)26-30-21-5-3-4-6-23(21)37-26)13-18-11-19-24(34)20(14-32(2)27(19)36-18)25(35)29-12-16-7-9-17(28)10-8-16/h3-11,14,22,33H,12-13,15H2,1-2H3,(H,29,35). The highest BCUT2D eigenvalue weighted by Gasteiger charge is 2.19. The average molecular weight is 553 g/mol. The van der Waals surface area contributed by atoms with Gasteiger partial charge in [0.1, 0.15) is 21.5 Å². The lowest BCUT2D eigenvalue weighted by Gasteiger charge is -2.18. The van der Waals surface area contributed by atoms with Crippen LogP contribution in [0.4, 0.5) is 0 Å². The lowest BCUT2D eigenvalue weighted by Crippen LogP contribution is -2.29. The molecule has 2 N–H and O–H groups in total. The summed E-state index contributed by atoms with van der Waals surface area (Å²) in [5.74, 6) is -0.415. The number of fused-ring (bicyclic) bond motifs is 2. The number of rotatable bonds is 8. The van der Waals surface area contributed by atoms with Crippen LogP contribution < -0.4 is 10.7 Å². The van der Waals surface area contributed by atoms with Gasteiger partial charge in [-0.05, 0) is 42.9 Å². The van der Waals surface area contributed by atoms with Crippen LogP contribution in [-0.4, -0.2) is 39.1 Å². The molecule has 0 spiro atoms. The normalized spacial score (nSPS) is 12.5. The van der Waals surface area contributed by atoms with Crippen molar-refractivity contribution in [2.45, 2.75) is 19.2 Å². The van der Waals surface area contributed by atoms with Gasteiger partial charge in [0.05, 0.1) is 15.6 Å². The van der Waals surface area contributed by atoms with Crippen LogP contribution >= 0.6 is 34.3 Å². The number of aromatic nitrogens is 2.